The highest BCUT2D eigenvalue weighted by Gasteiger charge is 2.29. The predicted octanol–water partition coefficient (Wildman–Crippen LogP) is 1.20. The average Bonchev–Trinajstić information content (AvgIpc) is 2.89. The van der Waals surface area contributed by atoms with E-state index in [4.69, 9.17) is 0 Å². The monoisotopic (exact) mass is 306 g/mol. The molecule has 7 heteroatoms. The van der Waals surface area contributed by atoms with Crippen molar-refractivity contribution in [2.75, 3.05) is 23.7 Å². The van der Waals surface area contributed by atoms with E-state index in [0.29, 0.717) is 13.1 Å². The third-order valence-corrected chi connectivity index (χ3v) is 5.85. The molecule has 0 aliphatic carbocycles. The number of aryl methyl sites for hydroxylation is 1. The van der Waals surface area contributed by atoms with Gasteiger partial charge in [0.25, 0.3) is 0 Å². The number of hydrogen-bond acceptors (Lipinski definition) is 5. The first-order valence-electron chi connectivity index (χ1n) is 6.91. The highest BCUT2D eigenvalue weighted by Crippen LogP contribution is 2.19. The fraction of sp³-hybridized carbons (Fsp3) is 0.429. The van der Waals surface area contributed by atoms with Crippen molar-refractivity contribution in [2.24, 2.45) is 0 Å². The van der Waals surface area contributed by atoms with E-state index in [-0.39, 0.29) is 11.0 Å². The lowest BCUT2D eigenvalue weighted by Crippen LogP contribution is -2.45. The second-order valence-electron chi connectivity index (χ2n) is 5.44. The largest absolute Gasteiger partial charge is 0.354 e. The Morgan fingerprint density at radius 3 is 2.71 bits per heavy atom. The van der Waals surface area contributed by atoms with E-state index in [9.17, 15) is 8.42 Å². The predicted molar refractivity (Wildman–Crippen MR) is 81.6 cm³/mol. The van der Waals surface area contributed by atoms with E-state index >= 15 is 0 Å². The molecular formula is C14H18N4O2S. The molecule has 1 aliphatic rings. The summed E-state index contributed by atoms with van der Waals surface area (Å²) in [6.07, 6.45) is 3.69. The van der Waals surface area contributed by atoms with Crippen LogP contribution in [-0.4, -0.2) is 47.3 Å². The van der Waals surface area contributed by atoms with Crippen molar-refractivity contribution in [3.63, 3.8) is 0 Å². The SMILES string of the molecule is Cc1cnn(-c2cccc(N3CCS(=O)(=O)[C@H](C)C3)n2)c1. The van der Waals surface area contributed by atoms with E-state index in [1.165, 1.54) is 0 Å². The van der Waals surface area contributed by atoms with Gasteiger partial charge in [-0.15, -0.1) is 0 Å². The number of hydrogen-bond donors (Lipinski definition) is 0. The molecule has 1 atom stereocenters. The van der Waals surface area contributed by atoms with Gasteiger partial charge in [0.1, 0.15) is 5.82 Å². The molecule has 0 aromatic carbocycles. The molecule has 0 radical (unpaired) electrons. The highest BCUT2D eigenvalue weighted by atomic mass is 32.2. The van der Waals surface area contributed by atoms with Gasteiger partial charge in [0, 0.05) is 19.3 Å². The Kier molecular flexibility index (Phi) is 3.44. The van der Waals surface area contributed by atoms with Gasteiger partial charge in [-0.05, 0) is 31.5 Å². The first kappa shape index (κ1) is 14.1. The van der Waals surface area contributed by atoms with Crippen LogP contribution in [0, 0.1) is 6.92 Å². The molecule has 2 aromatic rings. The molecule has 1 fully saturated rings. The number of aromatic nitrogens is 3. The molecule has 3 rings (SSSR count). The van der Waals surface area contributed by atoms with E-state index < -0.39 is 9.84 Å². The average molecular weight is 306 g/mol. The summed E-state index contributed by atoms with van der Waals surface area (Å²) in [5, 5.41) is 3.89. The molecule has 1 saturated heterocycles. The maximum absolute atomic E-state index is 11.8. The lowest BCUT2D eigenvalue weighted by Gasteiger charge is -2.31. The quantitative estimate of drug-likeness (QED) is 0.834. The van der Waals surface area contributed by atoms with Crippen LogP contribution in [0.3, 0.4) is 0 Å². The first-order valence-corrected chi connectivity index (χ1v) is 8.62. The molecular weight excluding hydrogens is 288 g/mol. The third-order valence-electron chi connectivity index (χ3n) is 3.73. The Morgan fingerprint density at radius 1 is 1.29 bits per heavy atom. The van der Waals surface area contributed by atoms with E-state index in [1.807, 2.05) is 36.2 Å². The number of pyridine rings is 1. The molecule has 0 N–H and O–H groups in total. The summed E-state index contributed by atoms with van der Waals surface area (Å²) < 4.78 is 25.3. The highest BCUT2D eigenvalue weighted by molar-refractivity contribution is 7.92. The topological polar surface area (TPSA) is 68.1 Å². The van der Waals surface area contributed by atoms with Crippen molar-refractivity contribution in [3.05, 3.63) is 36.2 Å². The van der Waals surface area contributed by atoms with E-state index in [2.05, 4.69) is 10.1 Å². The summed E-state index contributed by atoms with van der Waals surface area (Å²) >= 11 is 0. The molecule has 112 valence electrons. The fourth-order valence-corrected chi connectivity index (χ4v) is 3.70. The van der Waals surface area contributed by atoms with Gasteiger partial charge in [-0.25, -0.2) is 18.1 Å². The standard InChI is InChI=1S/C14H18N4O2S/c1-11-8-15-18(9-11)14-5-3-4-13(16-14)17-6-7-21(19,20)12(2)10-17/h3-5,8-9,12H,6-7,10H2,1-2H3/t12-/m1/s1. The van der Waals surface area contributed by atoms with E-state index in [1.54, 1.807) is 17.8 Å². The van der Waals surface area contributed by atoms with Crippen molar-refractivity contribution >= 4 is 15.7 Å². The minimum Gasteiger partial charge on any atom is -0.354 e. The van der Waals surface area contributed by atoms with Gasteiger partial charge >= 0.3 is 0 Å². The van der Waals surface area contributed by atoms with Crippen LogP contribution in [0.15, 0.2) is 30.6 Å². The summed E-state index contributed by atoms with van der Waals surface area (Å²) in [7, 11) is -2.95. The summed E-state index contributed by atoms with van der Waals surface area (Å²) in [6, 6.07) is 5.72. The molecule has 0 amide bonds. The van der Waals surface area contributed by atoms with Gasteiger partial charge in [0.15, 0.2) is 15.7 Å². The van der Waals surface area contributed by atoms with Crippen LogP contribution < -0.4 is 4.90 Å². The Bertz CT molecular complexity index is 754. The zero-order valence-electron chi connectivity index (χ0n) is 12.1. The molecule has 3 heterocycles. The van der Waals surface area contributed by atoms with Crippen molar-refractivity contribution in [1.29, 1.82) is 0 Å². The van der Waals surface area contributed by atoms with Crippen molar-refractivity contribution in [1.82, 2.24) is 14.8 Å². The molecule has 0 saturated carbocycles. The Hall–Kier alpha value is -1.89. The van der Waals surface area contributed by atoms with Crippen LogP contribution in [-0.2, 0) is 9.84 Å². The maximum atomic E-state index is 11.8. The Labute approximate surface area is 124 Å². The van der Waals surface area contributed by atoms with Gasteiger partial charge in [0.05, 0.1) is 17.2 Å². The summed E-state index contributed by atoms with van der Waals surface area (Å²) in [4.78, 5) is 6.61. The van der Waals surface area contributed by atoms with Crippen molar-refractivity contribution < 1.29 is 8.42 Å². The maximum Gasteiger partial charge on any atom is 0.156 e. The van der Waals surface area contributed by atoms with Gasteiger partial charge in [-0.3, -0.25) is 0 Å². The Balaban J connectivity index is 1.87. The van der Waals surface area contributed by atoms with Gasteiger partial charge in [-0.2, -0.15) is 5.10 Å². The lowest BCUT2D eigenvalue weighted by atomic mass is 10.3. The minimum atomic E-state index is -2.95. The zero-order valence-corrected chi connectivity index (χ0v) is 12.9. The van der Waals surface area contributed by atoms with Crippen molar-refractivity contribution in [3.8, 4) is 5.82 Å². The molecule has 6 nitrogen and oxygen atoms in total. The van der Waals surface area contributed by atoms with Crippen LogP contribution in [0.25, 0.3) is 5.82 Å². The van der Waals surface area contributed by atoms with E-state index in [0.717, 1.165) is 17.2 Å². The zero-order chi connectivity index (χ0) is 15.0. The molecule has 1 aliphatic heterocycles. The van der Waals surface area contributed by atoms with Crippen LogP contribution in [0.4, 0.5) is 5.82 Å². The van der Waals surface area contributed by atoms with Crippen LogP contribution in [0.5, 0.6) is 0 Å². The van der Waals surface area contributed by atoms with Gasteiger partial charge in [-0.1, -0.05) is 6.07 Å². The smallest absolute Gasteiger partial charge is 0.156 e. The summed E-state index contributed by atoms with van der Waals surface area (Å²) in [5.74, 6) is 1.71. The molecule has 2 aromatic heterocycles. The number of rotatable bonds is 2. The van der Waals surface area contributed by atoms with Gasteiger partial charge in [0.2, 0.25) is 0 Å². The number of sulfone groups is 1. The molecule has 21 heavy (non-hydrogen) atoms. The van der Waals surface area contributed by atoms with Crippen LogP contribution >= 0.6 is 0 Å². The third kappa shape index (κ3) is 2.78. The normalized spacial score (nSPS) is 21.4. The molecule has 0 unspecified atom stereocenters. The molecule has 0 bridgehead atoms. The number of nitrogens with zero attached hydrogens (tertiary/aromatic N) is 4. The Morgan fingerprint density at radius 2 is 2.05 bits per heavy atom. The van der Waals surface area contributed by atoms with Crippen LogP contribution in [0.1, 0.15) is 12.5 Å². The second kappa shape index (κ2) is 5.14. The summed E-state index contributed by atoms with van der Waals surface area (Å²) in [5.41, 5.74) is 1.07. The number of anilines is 1. The molecule has 0 spiro atoms. The minimum absolute atomic E-state index is 0.182. The van der Waals surface area contributed by atoms with Crippen LogP contribution in [0.2, 0.25) is 0 Å². The van der Waals surface area contributed by atoms with Gasteiger partial charge < -0.3 is 4.90 Å². The lowest BCUT2D eigenvalue weighted by molar-refractivity contribution is 0.568. The summed E-state index contributed by atoms with van der Waals surface area (Å²) in [6.45, 7) is 4.70. The van der Waals surface area contributed by atoms with Crippen molar-refractivity contribution in [2.45, 2.75) is 19.1 Å². The fourth-order valence-electron chi connectivity index (χ4n) is 2.42. The second-order valence-corrected chi connectivity index (χ2v) is 7.98. The first-order chi connectivity index (χ1) is 9.95.